The van der Waals surface area contributed by atoms with E-state index in [1.54, 1.807) is 22.4 Å². The molecule has 6 heteroatoms. The number of fused-ring (bicyclic) bond motifs is 1. The maximum Gasteiger partial charge on any atom is 0.254 e. The molecule has 1 unspecified atom stereocenters. The summed E-state index contributed by atoms with van der Waals surface area (Å²) in [6, 6.07) is 19.1. The zero-order valence-electron chi connectivity index (χ0n) is 17.4. The number of aromatic nitrogens is 2. The number of hydrogen-bond acceptors (Lipinski definition) is 4. The highest BCUT2D eigenvalue weighted by molar-refractivity contribution is 7.99. The van der Waals surface area contributed by atoms with Crippen molar-refractivity contribution in [3.63, 3.8) is 0 Å². The summed E-state index contributed by atoms with van der Waals surface area (Å²) in [6.07, 6.45) is 0.236. The Kier molecular flexibility index (Phi) is 5.52. The van der Waals surface area contributed by atoms with Gasteiger partial charge in [-0.1, -0.05) is 81.1 Å². The number of nitrogens with one attached hydrogen (secondary N) is 1. The molecule has 154 valence electrons. The molecule has 1 atom stereocenters. The first-order valence-electron chi connectivity index (χ1n) is 10.0. The van der Waals surface area contributed by atoms with E-state index in [1.807, 2.05) is 75.4 Å². The number of rotatable bonds is 4. The third-order valence-corrected chi connectivity index (χ3v) is 6.26. The number of nitrogens with zero attached hydrogens (tertiary/aromatic N) is 2. The Bertz CT molecular complexity index is 1130. The normalized spacial score (nSPS) is 15.6. The topological polar surface area (TPSA) is 64.0 Å². The Morgan fingerprint density at radius 3 is 2.57 bits per heavy atom. The van der Waals surface area contributed by atoms with Crippen LogP contribution in [0.25, 0.3) is 11.1 Å². The maximum atomic E-state index is 12.8. The lowest BCUT2D eigenvalue weighted by molar-refractivity contribution is -0.116. The fraction of sp³-hybridized carbons (Fsp3) is 0.292. The van der Waals surface area contributed by atoms with E-state index in [9.17, 15) is 9.59 Å². The standard InChI is InChI=1S/C24H25N3O2S/c1-24(2,3)20-14-22(29)27-17(15-30-23(27)26-20)13-21(28)25-19-12-8-7-11-18(19)16-9-5-4-6-10-16/h4-12,14,17H,13,15H2,1-3H3,(H,25,28). The van der Waals surface area contributed by atoms with Crippen LogP contribution in [0.4, 0.5) is 5.69 Å². The summed E-state index contributed by atoms with van der Waals surface area (Å²) >= 11 is 1.54. The van der Waals surface area contributed by atoms with Crippen LogP contribution < -0.4 is 10.9 Å². The molecule has 0 aliphatic carbocycles. The zero-order chi connectivity index (χ0) is 21.3. The fourth-order valence-electron chi connectivity index (χ4n) is 3.56. The summed E-state index contributed by atoms with van der Waals surface area (Å²) in [5.41, 5.74) is 3.30. The van der Waals surface area contributed by atoms with Crippen LogP contribution in [0, 0.1) is 0 Å². The van der Waals surface area contributed by atoms with Crippen molar-refractivity contribution in [2.24, 2.45) is 0 Å². The third-order valence-electron chi connectivity index (χ3n) is 5.17. The van der Waals surface area contributed by atoms with Crippen molar-refractivity contribution in [3.8, 4) is 11.1 Å². The molecular formula is C24H25N3O2S. The zero-order valence-corrected chi connectivity index (χ0v) is 18.2. The van der Waals surface area contributed by atoms with Gasteiger partial charge in [0.05, 0.1) is 11.7 Å². The lowest BCUT2D eigenvalue weighted by Gasteiger charge is -2.19. The first kappa shape index (κ1) is 20.4. The number of amides is 1. The Hall–Kier alpha value is -2.86. The maximum absolute atomic E-state index is 12.8. The second-order valence-corrected chi connectivity index (χ2v) is 9.50. The molecular weight excluding hydrogens is 394 g/mol. The first-order valence-corrected chi connectivity index (χ1v) is 11.0. The summed E-state index contributed by atoms with van der Waals surface area (Å²) in [7, 11) is 0. The molecule has 5 nitrogen and oxygen atoms in total. The summed E-state index contributed by atoms with van der Waals surface area (Å²) in [5.74, 6) is 0.562. The van der Waals surface area contributed by atoms with E-state index in [0.29, 0.717) is 10.9 Å². The van der Waals surface area contributed by atoms with Gasteiger partial charge in [-0.05, 0) is 11.6 Å². The molecule has 3 aromatic rings. The van der Waals surface area contributed by atoms with Crippen LogP contribution in [-0.4, -0.2) is 21.2 Å². The minimum Gasteiger partial charge on any atom is -0.325 e. The van der Waals surface area contributed by atoms with E-state index >= 15 is 0 Å². The van der Waals surface area contributed by atoms with Crippen LogP contribution in [0.5, 0.6) is 0 Å². The van der Waals surface area contributed by atoms with Crippen molar-refractivity contribution in [1.82, 2.24) is 9.55 Å². The smallest absolute Gasteiger partial charge is 0.254 e. The summed E-state index contributed by atoms with van der Waals surface area (Å²) in [6.45, 7) is 6.13. The van der Waals surface area contributed by atoms with Crippen LogP contribution in [0.15, 0.2) is 70.6 Å². The van der Waals surface area contributed by atoms with E-state index in [-0.39, 0.29) is 29.3 Å². The predicted octanol–water partition coefficient (Wildman–Crippen LogP) is 4.88. The van der Waals surface area contributed by atoms with Crippen molar-refractivity contribution >= 4 is 23.4 Å². The van der Waals surface area contributed by atoms with Gasteiger partial charge in [0.2, 0.25) is 5.91 Å². The van der Waals surface area contributed by atoms with E-state index in [0.717, 1.165) is 22.5 Å². The minimum absolute atomic E-state index is 0.0857. The third kappa shape index (κ3) is 4.19. The summed E-state index contributed by atoms with van der Waals surface area (Å²) in [4.78, 5) is 30.3. The molecule has 0 fully saturated rings. The lowest BCUT2D eigenvalue weighted by Crippen LogP contribution is -2.29. The summed E-state index contributed by atoms with van der Waals surface area (Å²) < 4.78 is 1.67. The van der Waals surface area contributed by atoms with E-state index < -0.39 is 0 Å². The average molecular weight is 420 g/mol. The molecule has 0 bridgehead atoms. The predicted molar refractivity (Wildman–Crippen MR) is 122 cm³/mol. The van der Waals surface area contributed by atoms with Gasteiger partial charge >= 0.3 is 0 Å². The fourth-order valence-corrected chi connectivity index (χ4v) is 4.71. The molecule has 4 rings (SSSR count). The molecule has 1 aromatic heterocycles. The first-order chi connectivity index (χ1) is 14.3. The van der Waals surface area contributed by atoms with Gasteiger partial charge in [-0.2, -0.15) is 0 Å². The van der Waals surface area contributed by atoms with Gasteiger partial charge in [-0.15, -0.1) is 0 Å². The van der Waals surface area contributed by atoms with Gasteiger partial charge in [-0.3, -0.25) is 14.2 Å². The highest BCUT2D eigenvalue weighted by Crippen LogP contribution is 2.34. The average Bonchev–Trinajstić information content (AvgIpc) is 3.11. The van der Waals surface area contributed by atoms with Gasteiger partial charge < -0.3 is 5.32 Å². The number of para-hydroxylation sites is 1. The van der Waals surface area contributed by atoms with Crippen molar-refractivity contribution in [1.29, 1.82) is 0 Å². The van der Waals surface area contributed by atoms with Gasteiger partial charge in [0.15, 0.2) is 5.16 Å². The monoisotopic (exact) mass is 419 g/mol. The molecule has 0 saturated heterocycles. The lowest BCUT2D eigenvalue weighted by atomic mass is 9.92. The molecule has 2 aromatic carbocycles. The quantitative estimate of drug-likeness (QED) is 0.612. The summed E-state index contributed by atoms with van der Waals surface area (Å²) in [5, 5.41) is 3.74. The van der Waals surface area contributed by atoms with Crippen LogP contribution in [-0.2, 0) is 10.2 Å². The number of thioether (sulfide) groups is 1. The number of anilines is 1. The van der Waals surface area contributed by atoms with Crippen molar-refractivity contribution < 1.29 is 4.79 Å². The Morgan fingerprint density at radius 1 is 1.13 bits per heavy atom. The van der Waals surface area contributed by atoms with Crippen LogP contribution in [0.1, 0.15) is 38.9 Å². The van der Waals surface area contributed by atoms with Crippen molar-refractivity contribution in [2.45, 2.75) is 43.8 Å². The van der Waals surface area contributed by atoms with Crippen LogP contribution in [0.3, 0.4) is 0 Å². The highest BCUT2D eigenvalue weighted by Gasteiger charge is 2.29. The number of carbonyl (C=O) groups is 1. The molecule has 30 heavy (non-hydrogen) atoms. The number of benzene rings is 2. The van der Waals surface area contributed by atoms with Crippen LogP contribution >= 0.6 is 11.8 Å². The Balaban J connectivity index is 1.54. The molecule has 1 aliphatic rings. The van der Waals surface area contributed by atoms with Gasteiger partial charge in [0.25, 0.3) is 5.56 Å². The minimum atomic E-state index is -0.192. The van der Waals surface area contributed by atoms with Crippen molar-refractivity contribution in [3.05, 3.63) is 76.7 Å². The molecule has 1 N–H and O–H groups in total. The molecule has 0 radical (unpaired) electrons. The molecule has 1 amide bonds. The van der Waals surface area contributed by atoms with Gasteiger partial charge in [0, 0.05) is 34.9 Å². The van der Waals surface area contributed by atoms with Crippen LogP contribution in [0.2, 0.25) is 0 Å². The largest absolute Gasteiger partial charge is 0.325 e. The van der Waals surface area contributed by atoms with E-state index in [1.165, 1.54) is 0 Å². The Labute approximate surface area is 180 Å². The second kappa shape index (κ2) is 8.11. The molecule has 1 aliphatic heterocycles. The Morgan fingerprint density at radius 2 is 1.83 bits per heavy atom. The van der Waals surface area contributed by atoms with E-state index in [2.05, 4.69) is 10.3 Å². The number of carbonyl (C=O) groups excluding carboxylic acids is 1. The van der Waals surface area contributed by atoms with Crippen molar-refractivity contribution in [2.75, 3.05) is 11.1 Å². The molecule has 0 spiro atoms. The SMILES string of the molecule is CC(C)(C)c1cc(=O)n2c(n1)SCC2CC(=O)Nc1ccccc1-c1ccccc1. The van der Waals surface area contributed by atoms with Gasteiger partial charge in [0.1, 0.15) is 0 Å². The highest BCUT2D eigenvalue weighted by atomic mass is 32.2. The van der Waals surface area contributed by atoms with Gasteiger partial charge in [-0.25, -0.2) is 4.98 Å². The number of hydrogen-bond donors (Lipinski definition) is 1. The second-order valence-electron chi connectivity index (χ2n) is 8.51. The molecule has 2 heterocycles. The molecule has 0 saturated carbocycles. The van der Waals surface area contributed by atoms with E-state index in [4.69, 9.17) is 0 Å².